The summed E-state index contributed by atoms with van der Waals surface area (Å²) in [6.07, 6.45) is 4.65. The van der Waals surface area contributed by atoms with E-state index in [0.717, 1.165) is 25.5 Å². The molecule has 0 amide bonds. The Labute approximate surface area is 82.9 Å². The van der Waals surface area contributed by atoms with Gasteiger partial charge in [0.1, 0.15) is 6.29 Å². The molecule has 0 spiro atoms. The largest absolute Gasteiger partial charge is 0.303 e. The Morgan fingerprint density at radius 2 is 2.07 bits per heavy atom. The van der Waals surface area contributed by atoms with Crippen molar-refractivity contribution in [3.63, 3.8) is 0 Å². The van der Waals surface area contributed by atoms with Crippen molar-refractivity contribution in [2.24, 2.45) is 11.3 Å². The van der Waals surface area contributed by atoms with Gasteiger partial charge in [-0.3, -0.25) is 0 Å². The van der Waals surface area contributed by atoms with Crippen LogP contribution in [-0.4, -0.2) is 12.2 Å². The van der Waals surface area contributed by atoms with Crippen LogP contribution >= 0.6 is 0 Å². The van der Waals surface area contributed by atoms with E-state index in [0.29, 0.717) is 18.8 Å². The zero-order valence-corrected chi connectivity index (χ0v) is 8.27. The Kier molecular flexibility index (Phi) is 2.36. The standard InChI is InChI=1S/C11H16F2O/c12-11(13)5-3-9-2-1-4-10(9,8-11)6-7-14/h7,9H,1-6,8H2/t9?,10-/m0/s1. The third kappa shape index (κ3) is 1.57. The SMILES string of the molecule is O=CC[C@]12CCCC1CCC(F)(F)C2. The molecule has 3 heteroatoms. The third-order valence-corrected chi connectivity index (χ3v) is 4.05. The van der Waals surface area contributed by atoms with Crippen LogP contribution in [0.4, 0.5) is 8.78 Å². The summed E-state index contributed by atoms with van der Waals surface area (Å²) >= 11 is 0. The highest BCUT2D eigenvalue weighted by Crippen LogP contribution is 2.57. The smallest absolute Gasteiger partial charge is 0.248 e. The number of alkyl halides is 2. The van der Waals surface area contributed by atoms with E-state index in [9.17, 15) is 13.6 Å². The molecule has 1 unspecified atom stereocenters. The normalized spacial score (nSPS) is 40.6. The summed E-state index contributed by atoms with van der Waals surface area (Å²) in [5, 5.41) is 0. The number of fused-ring (bicyclic) bond motifs is 1. The number of halogens is 2. The van der Waals surface area contributed by atoms with Crippen LogP contribution in [0.25, 0.3) is 0 Å². The highest BCUT2D eigenvalue weighted by molar-refractivity contribution is 5.51. The number of aldehydes is 1. The fourth-order valence-electron chi connectivity index (χ4n) is 3.39. The van der Waals surface area contributed by atoms with Crippen LogP contribution in [0.15, 0.2) is 0 Å². The molecule has 0 aromatic carbocycles. The Morgan fingerprint density at radius 1 is 1.29 bits per heavy atom. The molecule has 0 radical (unpaired) electrons. The molecular weight excluding hydrogens is 186 g/mol. The average molecular weight is 202 g/mol. The van der Waals surface area contributed by atoms with Crippen molar-refractivity contribution < 1.29 is 13.6 Å². The summed E-state index contributed by atoms with van der Waals surface area (Å²) in [6, 6.07) is 0. The first-order chi connectivity index (χ1) is 6.58. The fourth-order valence-corrected chi connectivity index (χ4v) is 3.39. The Balaban J connectivity index is 2.19. The molecule has 0 aromatic heterocycles. The van der Waals surface area contributed by atoms with Gasteiger partial charge in [0.15, 0.2) is 0 Å². The van der Waals surface area contributed by atoms with Crippen molar-refractivity contribution in [2.75, 3.05) is 0 Å². The van der Waals surface area contributed by atoms with Gasteiger partial charge in [-0.25, -0.2) is 8.78 Å². The van der Waals surface area contributed by atoms with E-state index in [1.165, 1.54) is 0 Å². The van der Waals surface area contributed by atoms with Gasteiger partial charge >= 0.3 is 0 Å². The maximum Gasteiger partial charge on any atom is 0.248 e. The second-order valence-electron chi connectivity index (χ2n) is 4.89. The minimum atomic E-state index is -2.52. The molecule has 0 aliphatic heterocycles. The van der Waals surface area contributed by atoms with Crippen LogP contribution in [-0.2, 0) is 4.79 Å². The van der Waals surface area contributed by atoms with Gasteiger partial charge in [0.2, 0.25) is 5.92 Å². The summed E-state index contributed by atoms with van der Waals surface area (Å²) < 4.78 is 26.6. The van der Waals surface area contributed by atoms with Crippen LogP contribution in [0, 0.1) is 11.3 Å². The van der Waals surface area contributed by atoms with Crippen molar-refractivity contribution in [1.29, 1.82) is 0 Å². The first kappa shape index (κ1) is 10.1. The zero-order chi connectivity index (χ0) is 10.2. The molecule has 2 atom stereocenters. The number of hydrogen-bond acceptors (Lipinski definition) is 1. The molecule has 80 valence electrons. The lowest BCUT2D eigenvalue weighted by molar-refractivity contribution is -0.120. The third-order valence-electron chi connectivity index (χ3n) is 4.05. The number of rotatable bonds is 2. The molecule has 14 heavy (non-hydrogen) atoms. The van der Waals surface area contributed by atoms with Crippen LogP contribution in [0.5, 0.6) is 0 Å². The topological polar surface area (TPSA) is 17.1 Å². The molecule has 0 bridgehead atoms. The highest BCUT2D eigenvalue weighted by atomic mass is 19.3. The minimum absolute atomic E-state index is 0.0261. The van der Waals surface area contributed by atoms with Crippen molar-refractivity contribution in [3.05, 3.63) is 0 Å². The predicted molar refractivity (Wildman–Crippen MR) is 49.3 cm³/mol. The van der Waals surface area contributed by atoms with E-state index < -0.39 is 5.92 Å². The van der Waals surface area contributed by atoms with Crippen molar-refractivity contribution in [1.82, 2.24) is 0 Å². The number of hydrogen-bond donors (Lipinski definition) is 0. The van der Waals surface area contributed by atoms with Gasteiger partial charge in [-0.2, -0.15) is 0 Å². The maximum atomic E-state index is 13.3. The molecule has 2 fully saturated rings. The van der Waals surface area contributed by atoms with E-state index in [2.05, 4.69) is 0 Å². The number of carbonyl (C=O) groups excluding carboxylic acids is 1. The first-order valence-corrected chi connectivity index (χ1v) is 5.39. The van der Waals surface area contributed by atoms with Crippen LogP contribution in [0.1, 0.15) is 44.9 Å². The highest BCUT2D eigenvalue weighted by Gasteiger charge is 2.52. The molecule has 0 N–H and O–H groups in total. The maximum absolute atomic E-state index is 13.3. The Hall–Kier alpha value is -0.470. The quantitative estimate of drug-likeness (QED) is 0.628. The van der Waals surface area contributed by atoms with Gasteiger partial charge < -0.3 is 4.79 Å². The molecule has 0 aromatic rings. The molecule has 2 aliphatic rings. The zero-order valence-electron chi connectivity index (χ0n) is 8.27. The fraction of sp³-hybridized carbons (Fsp3) is 0.909. The molecular formula is C11H16F2O. The van der Waals surface area contributed by atoms with E-state index in [4.69, 9.17) is 0 Å². The summed E-state index contributed by atoms with van der Waals surface area (Å²) in [6.45, 7) is 0. The molecule has 2 saturated carbocycles. The van der Waals surface area contributed by atoms with Crippen molar-refractivity contribution in [3.8, 4) is 0 Å². The minimum Gasteiger partial charge on any atom is -0.303 e. The van der Waals surface area contributed by atoms with Gasteiger partial charge in [0, 0.05) is 19.3 Å². The Morgan fingerprint density at radius 3 is 2.79 bits per heavy atom. The van der Waals surface area contributed by atoms with Crippen molar-refractivity contribution in [2.45, 2.75) is 50.9 Å². The van der Waals surface area contributed by atoms with Gasteiger partial charge in [0.25, 0.3) is 0 Å². The lowest BCUT2D eigenvalue weighted by Crippen LogP contribution is -2.39. The molecule has 0 saturated heterocycles. The van der Waals surface area contributed by atoms with Gasteiger partial charge in [-0.05, 0) is 30.6 Å². The molecule has 2 rings (SSSR count). The second kappa shape index (κ2) is 3.28. The lowest BCUT2D eigenvalue weighted by Gasteiger charge is -2.42. The summed E-state index contributed by atoms with van der Waals surface area (Å²) in [5.74, 6) is -2.14. The Bertz CT molecular complexity index is 239. The van der Waals surface area contributed by atoms with Crippen LogP contribution < -0.4 is 0 Å². The van der Waals surface area contributed by atoms with Gasteiger partial charge in [-0.15, -0.1) is 0 Å². The van der Waals surface area contributed by atoms with E-state index in [1.807, 2.05) is 0 Å². The van der Waals surface area contributed by atoms with E-state index in [1.54, 1.807) is 0 Å². The monoisotopic (exact) mass is 202 g/mol. The van der Waals surface area contributed by atoms with Gasteiger partial charge in [-0.1, -0.05) is 6.42 Å². The summed E-state index contributed by atoms with van der Waals surface area (Å²) in [7, 11) is 0. The van der Waals surface area contributed by atoms with Crippen LogP contribution in [0.2, 0.25) is 0 Å². The first-order valence-electron chi connectivity index (χ1n) is 5.39. The lowest BCUT2D eigenvalue weighted by atomic mass is 9.65. The van der Waals surface area contributed by atoms with Gasteiger partial charge in [0.05, 0.1) is 0 Å². The summed E-state index contributed by atoms with van der Waals surface area (Å²) in [5.41, 5.74) is -0.344. The predicted octanol–water partition coefficient (Wildman–Crippen LogP) is 3.18. The average Bonchev–Trinajstić information content (AvgIpc) is 2.45. The second-order valence-corrected chi connectivity index (χ2v) is 4.89. The number of carbonyl (C=O) groups is 1. The van der Waals surface area contributed by atoms with Crippen LogP contribution in [0.3, 0.4) is 0 Å². The van der Waals surface area contributed by atoms with E-state index >= 15 is 0 Å². The van der Waals surface area contributed by atoms with Crippen molar-refractivity contribution >= 4 is 6.29 Å². The molecule has 0 heterocycles. The molecule has 2 aliphatic carbocycles. The molecule has 1 nitrogen and oxygen atoms in total. The van der Waals surface area contributed by atoms with E-state index in [-0.39, 0.29) is 18.3 Å². The summed E-state index contributed by atoms with van der Waals surface area (Å²) in [4.78, 5) is 10.6.